The van der Waals surface area contributed by atoms with Gasteiger partial charge in [0.2, 0.25) is 0 Å². The van der Waals surface area contributed by atoms with Gasteiger partial charge in [0.05, 0.1) is 6.42 Å². The van der Waals surface area contributed by atoms with Crippen LogP contribution in [0.2, 0.25) is 0 Å². The quantitative estimate of drug-likeness (QED) is 0.851. The summed E-state index contributed by atoms with van der Waals surface area (Å²) in [6, 6.07) is 8.49. The average molecular weight is 317 g/mol. The molecule has 0 bridgehead atoms. The summed E-state index contributed by atoms with van der Waals surface area (Å²) in [5.74, 6) is -0.555. The van der Waals surface area contributed by atoms with Gasteiger partial charge in [-0.15, -0.1) is 0 Å². The van der Waals surface area contributed by atoms with E-state index < -0.39 is 18.1 Å². The van der Waals surface area contributed by atoms with E-state index in [1.54, 1.807) is 17.8 Å². The van der Waals surface area contributed by atoms with Crippen LogP contribution in [0, 0.1) is 6.92 Å². The van der Waals surface area contributed by atoms with Crippen molar-refractivity contribution in [1.29, 1.82) is 0 Å². The number of ether oxygens (including phenoxy) is 1. The van der Waals surface area contributed by atoms with Crippen molar-refractivity contribution in [2.45, 2.75) is 26.0 Å². The number of alkyl carbamates (subject to hydrolysis) is 1. The summed E-state index contributed by atoms with van der Waals surface area (Å²) in [7, 11) is 1.77. The second kappa shape index (κ2) is 7.44. The van der Waals surface area contributed by atoms with Gasteiger partial charge in [0, 0.05) is 18.9 Å². The molecule has 0 aliphatic heterocycles. The smallest absolute Gasteiger partial charge is 0.408 e. The van der Waals surface area contributed by atoms with Gasteiger partial charge < -0.3 is 19.7 Å². The van der Waals surface area contributed by atoms with Crippen LogP contribution in [0.25, 0.3) is 0 Å². The van der Waals surface area contributed by atoms with Crippen molar-refractivity contribution in [3.63, 3.8) is 0 Å². The lowest BCUT2D eigenvalue weighted by Gasteiger charge is -2.17. The molecule has 0 aliphatic rings. The Morgan fingerprint density at radius 2 is 2.04 bits per heavy atom. The van der Waals surface area contributed by atoms with Gasteiger partial charge in [0.25, 0.3) is 0 Å². The van der Waals surface area contributed by atoms with Crippen molar-refractivity contribution in [3.8, 4) is 0 Å². The molecule has 7 nitrogen and oxygen atoms in total. The number of nitrogens with one attached hydrogen (secondary N) is 1. The number of benzene rings is 1. The number of rotatable bonds is 6. The fourth-order valence-corrected chi connectivity index (χ4v) is 2.13. The Balaban J connectivity index is 2.01. The Bertz CT molecular complexity index is 682. The van der Waals surface area contributed by atoms with E-state index in [1.807, 2.05) is 37.3 Å². The van der Waals surface area contributed by atoms with Crippen LogP contribution in [0.5, 0.6) is 0 Å². The number of nitrogens with zero attached hydrogens (tertiary/aromatic N) is 2. The van der Waals surface area contributed by atoms with E-state index in [9.17, 15) is 9.59 Å². The minimum absolute atomic E-state index is 0.117. The normalized spacial score (nSPS) is 11.7. The summed E-state index contributed by atoms with van der Waals surface area (Å²) in [5, 5.41) is 11.6. The largest absolute Gasteiger partial charge is 0.481 e. The Morgan fingerprint density at radius 1 is 1.35 bits per heavy atom. The number of hydrogen-bond acceptors (Lipinski definition) is 4. The number of carboxylic acids is 1. The zero-order valence-corrected chi connectivity index (χ0v) is 13.0. The molecule has 2 rings (SSSR count). The summed E-state index contributed by atoms with van der Waals surface area (Å²) >= 11 is 0. The van der Waals surface area contributed by atoms with Crippen molar-refractivity contribution in [2.75, 3.05) is 0 Å². The van der Waals surface area contributed by atoms with Crippen LogP contribution in [0.4, 0.5) is 4.79 Å². The predicted octanol–water partition coefficient (Wildman–Crippen LogP) is 2.17. The van der Waals surface area contributed by atoms with Crippen LogP contribution in [-0.2, 0) is 23.2 Å². The molecule has 0 radical (unpaired) electrons. The van der Waals surface area contributed by atoms with E-state index in [-0.39, 0.29) is 13.0 Å². The highest BCUT2D eigenvalue weighted by Gasteiger charge is 2.23. The molecule has 2 N–H and O–H groups in total. The van der Waals surface area contributed by atoms with E-state index in [2.05, 4.69) is 10.3 Å². The number of imidazole rings is 1. The maximum atomic E-state index is 11.9. The summed E-state index contributed by atoms with van der Waals surface area (Å²) in [6.45, 7) is 1.97. The van der Waals surface area contributed by atoms with Crippen LogP contribution in [0.3, 0.4) is 0 Å². The van der Waals surface area contributed by atoms with Gasteiger partial charge in [-0.3, -0.25) is 4.79 Å². The lowest BCUT2D eigenvalue weighted by molar-refractivity contribution is -0.137. The van der Waals surface area contributed by atoms with Crippen LogP contribution < -0.4 is 5.32 Å². The molecule has 1 heterocycles. The molecule has 0 saturated carbocycles. The van der Waals surface area contributed by atoms with E-state index >= 15 is 0 Å². The molecule has 0 saturated heterocycles. The highest BCUT2D eigenvalue weighted by Crippen LogP contribution is 2.16. The summed E-state index contributed by atoms with van der Waals surface area (Å²) in [5.41, 5.74) is 1.72. The molecule has 0 spiro atoms. The first-order chi connectivity index (χ1) is 11.0. The van der Waals surface area contributed by atoms with Crippen LogP contribution in [0.1, 0.15) is 29.5 Å². The predicted molar refractivity (Wildman–Crippen MR) is 82.7 cm³/mol. The van der Waals surface area contributed by atoms with Gasteiger partial charge in [0.1, 0.15) is 18.5 Å². The number of aliphatic carboxylic acids is 1. The molecule has 1 aromatic carbocycles. The second-order valence-electron chi connectivity index (χ2n) is 5.17. The van der Waals surface area contributed by atoms with Gasteiger partial charge in [-0.05, 0) is 12.5 Å². The molecule has 122 valence electrons. The number of carbonyl (C=O) groups is 2. The van der Waals surface area contributed by atoms with Gasteiger partial charge in [0.15, 0.2) is 0 Å². The Morgan fingerprint density at radius 3 is 2.61 bits per heavy atom. The molecule has 0 unspecified atom stereocenters. The molecule has 1 amide bonds. The van der Waals surface area contributed by atoms with Crippen LogP contribution >= 0.6 is 0 Å². The number of hydrogen-bond donors (Lipinski definition) is 2. The average Bonchev–Trinajstić information content (AvgIpc) is 2.85. The molecule has 2 aromatic rings. The maximum absolute atomic E-state index is 11.9. The number of carbonyl (C=O) groups excluding carboxylic acids is 1. The van der Waals surface area contributed by atoms with Crippen molar-refractivity contribution < 1.29 is 19.4 Å². The molecule has 7 heteroatoms. The zero-order valence-electron chi connectivity index (χ0n) is 13.0. The first-order valence-corrected chi connectivity index (χ1v) is 7.14. The lowest BCUT2D eigenvalue weighted by Crippen LogP contribution is -2.32. The second-order valence-corrected chi connectivity index (χ2v) is 5.17. The number of aromatic nitrogens is 2. The summed E-state index contributed by atoms with van der Waals surface area (Å²) in [6.07, 6.45) is 0.673. The zero-order chi connectivity index (χ0) is 16.8. The number of amides is 1. The minimum atomic E-state index is -1.03. The van der Waals surface area contributed by atoms with Gasteiger partial charge >= 0.3 is 12.1 Å². The molecule has 1 atom stereocenters. The van der Waals surface area contributed by atoms with E-state index in [4.69, 9.17) is 9.84 Å². The summed E-state index contributed by atoms with van der Waals surface area (Å²) < 4.78 is 6.87. The highest BCUT2D eigenvalue weighted by atomic mass is 16.5. The van der Waals surface area contributed by atoms with Crippen molar-refractivity contribution in [3.05, 3.63) is 53.6 Å². The van der Waals surface area contributed by atoms with Crippen molar-refractivity contribution >= 4 is 12.1 Å². The van der Waals surface area contributed by atoms with Crippen LogP contribution in [0.15, 0.2) is 36.5 Å². The fraction of sp³-hybridized carbons (Fsp3) is 0.312. The fourth-order valence-electron chi connectivity index (χ4n) is 2.13. The SMILES string of the molecule is Cc1cnc([C@H](CC(=O)O)NC(=O)OCc2ccccc2)n1C. The molecule has 0 fully saturated rings. The third kappa shape index (κ3) is 4.57. The number of carboxylic acid groups (broad SMARTS) is 1. The van der Waals surface area contributed by atoms with E-state index in [1.165, 1.54) is 0 Å². The molecular formula is C16H19N3O4. The minimum Gasteiger partial charge on any atom is -0.481 e. The monoisotopic (exact) mass is 317 g/mol. The standard InChI is InChI=1S/C16H19N3O4/c1-11-9-17-15(19(11)2)13(8-14(20)21)18-16(22)23-10-12-6-4-3-5-7-12/h3-7,9,13H,8,10H2,1-2H3,(H,18,22)(H,20,21)/t13-/m0/s1. The third-order valence-corrected chi connectivity index (χ3v) is 3.45. The van der Waals surface area contributed by atoms with Crippen LogP contribution in [-0.4, -0.2) is 26.7 Å². The lowest BCUT2D eigenvalue weighted by atomic mass is 10.2. The number of aryl methyl sites for hydroxylation is 1. The first-order valence-electron chi connectivity index (χ1n) is 7.14. The van der Waals surface area contributed by atoms with Crippen molar-refractivity contribution in [2.24, 2.45) is 7.05 Å². The first kappa shape index (κ1) is 16.5. The van der Waals surface area contributed by atoms with E-state index in [0.717, 1.165) is 11.3 Å². The highest BCUT2D eigenvalue weighted by molar-refractivity contribution is 5.71. The molecule has 23 heavy (non-hydrogen) atoms. The van der Waals surface area contributed by atoms with Crippen molar-refractivity contribution in [1.82, 2.24) is 14.9 Å². The van der Waals surface area contributed by atoms with Gasteiger partial charge in [-0.1, -0.05) is 30.3 Å². The molecular weight excluding hydrogens is 298 g/mol. The van der Waals surface area contributed by atoms with E-state index in [0.29, 0.717) is 5.82 Å². The summed E-state index contributed by atoms with van der Waals surface area (Å²) in [4.78, 5) is 27.1. The Hall–Kier alpha value is -2.83. The molecule has 1 aromatic heterocycles. The third-order valence-electron chi connectivity index (χ3n) is 3.45. The maximum Gasteiger partial charge on any atom is 0.408 e. The Labute approximate surface area is 133 Å². The topological polar surface area (TPSA) is 93.4 Å². The molecule has 0 aliphatic carbocycles. The van der Waals surface area contributed by atoms with Gasteiger partial charge in [-0.25, -0.2) is 9.78 Å². The Kier molecular flexibility index (Phi) is 5.35. The van der Waals surface area contributed by atoms with Gasteiger partial charge in [-0.2, -0.15) is 0 Å².